The van der Waals surface area contributed by atoms with E-state index in [9.17, 15) is 10.1 Å². The number of nitrogens with zero attached hydrogens (tertiary/aromatic N) is 2. The predicted octanol–water partition coefficient (Wildman–Crippen LogP) is 0.775. The lowest BCUT2D eigenvalue weighted by atomic mass is 10.1. The van der Waals surface area contributed by atoms with Crippen molar-refractivity contribution in [2.75, 3.05) is 46.4 Å². The first-order chi connectivity index (χ1) is 12.6. The van der Waals surface area contributed by atoms with Crippen molar-refractivity contribution in [1.82, 2.24) is 20.9 Å². The quantitative estimate of drug-likeness (QED) is 0.470. The van der Waals surface area contributed by atoms with Gasteiger partial charge in [-0.1, -0.05) is 12.1 Å². The van der Waals surface area contributed by atoms with Gasteiger partial charge >= 0.3 is 0 Å². The third kappa shape index (κ3) is 6.06. The van der Waals surface area contributed by atoms with Crippen LogP contribution in [0.4, 0.5) is 0 Å². The number of methoxy groups -OCH3 is 1. The van der Waals surface area contributed by atoms with Gasteiger partial charge in [0.15, 0.2) is 0 Å². The summed E-state index contributed by atoms with van der Waals surface area (Å²) in [4.78, 5) is 14.4. The largest absolute Gasteiger partial charge is 0.497 e. The van der Waals surface area contributed by atoms with E-state index in [1.807, 2.05) is 37.3 Å². The molecule has 1 atom stereocenters. The van der Waals surface area contributed by atoms with Gasteiger partial charge in [-0.05, 0) is 24.6 Å². The second kappa shape index (κ2) is 10.4. The molecule has 1 aromatic carbocycles. The van der Waals surface area contributed by atoms with Gasteiger partial charge in [-0.25, -0.2) is 0 Å². The zero-order valence-corrected chi connectivity index (χ0v) is 15.4. The molecular weight excluding hydrogens is 330 g/mol. The summed E-state index contributed by atoms with van der Waals surface area (Å²) in [6.45, 7) is 7.22. The Morgan fingerprint density at radius 3 is 2.69 bits per heavy atom. The second-order valence-electron chi connectivity index (χ2n) is 6.18. The highest BCUT2D eigenvalue weighted by atomic mass is 16.5. The normalized spacial score (nSPS) is 16.4. The minimum atomic E-state index is -0.350. The Morgan fingerprint density at radius 2 is 2.08 bits per heavy atom. The van der Waals surface area contributed by atoms with Crippen molar-refractivity contribution in [2.24, 2.45) is 0 Å². The molecule has 7 nitrogen and oxygen atoms in total. The maximum Gasteiger partial charge on any atom is 0.263 e. The van der Waals surface area contributed by atoms with E-state index in [-0.39, 0.29) is 17.5 Å². The number of hydrogen-bond donors (Lipinski definition) is 3. The number of piperazine rings is 1. The summed E-state index contributed by atoms with van der Waals surface area (Å²) in [6.07, 6.45) is 1.48. The molecule has 1 saturated heterocycles. The number of ether oxygens (including phenoxy) is 1. The molecule has 3 N–H and O–H groups in total. The molecule has 7 heteroatoms. The monoisotopic (exact) mass is 357 g/mol. The van der Waals surface area contributed by atoms with Gasteiger partial charge in [-0.2, -0.15) is 5.26 Å². The summed E-state index contributed by atoms with van der Waals surface area (Å²) < 4.78 is 5.14. The number of amides is 1. The average molecular weight is 357 g/mol. The van der Waals surface area contributed by atoms with Crippen LogP contribution in [0.2, 0.25) is 0 Å². The predicted molar refractivity (Wildman–Crippen MR) is 101 cm³/mol. The lowest BCUT2D eigenvalue weighted by Gasteiger charge is -2.27. The number of nitriles is 1. The minimum absolute atomic E-state index is 0.0297. The first-order valence-electron chi connectivity index (χ1n) is 8.85. The van der Waals surface area contributed by atoms with Gasteiger partial charge in [0.25, 0.3) is 5.91 Å². The number of hydrogen-bond acceptors (Lipinski definition) is 6. The molecule has 140 valence electrons. The minimum Gasteiger partial charge on any atom is -0.497 e. The van der Waals surface area contributed by atoms with Crippen LogP contribution in [0.3, 0.4) is 0 Å². The third-order valence-corrected chi connectivity index (χ3v) is 4.38. The molecule has 0 spiro atoms. The van der Waals surface area contributed by atoms with Gasteiger partial charge in [-0.3, -0.25) is 9.69 Å². The fourth-order valence-electron chi connectivity index (χ4n) is 2.70. The highest BCUT2D eigenvalue weighted by Crippen LogP contribution is 2.17. The average Bonchev–Trinajstić information content (AvgIpc) is 2.69. The fraction of sp³-hybridized carbons (Fsp3) is 0.474. The molecule has 0 saturated carbocycles. The van der Waals surface area contributed by atoms with Crippen LogP contribution in [0.5, 0.6) is 5.75 Å². The molecular formula is C19H27N5O2. The lowest BCUT2D eigenvalue weighted by Crippen LogP contribution is -2.46. The Balaban J connectivity index is 1.81. The Hall–Kier alpha value is -2.56. The first-order valence-corrected chi connectivity index (χ1v) is 8.85. The number of nitrogens with one attached hydrogen (secondary N) is 3. The molecule has 1 unspecified atom stereocenters. The smallest absolute Gasteiger partial charge is 0.263 e. The van der Waals surface area contributed by atoms with E-state index in [4.69, 9.17) is 4.74 Å². The third-order valence-electron chi connectivity index (χ3n) is 4.38. The van der Waals surface area contributed by atoms with Crippen LogP contribution in [0.15, 0.2) is 36.0 Å². The molecule has 0 aromatic heterocycles. The van der Waals surface area contributed by atoms with Gasteiger partial charge < -0.3 is 20.7 Å². The fourth-order valence-corrected chi connectivity index (χ4v) is 2.70. The molecule has 1 heterocycles. The van der Waals surface area contributed by atoms with Crippen LogP contribution in [0.25, 0.3) is 0 Å². The van der Waals surface area contributed by atoms with Crippen molar-refractivity contribution < 1.29 is 9.53 Å². The first kappa shape index (κ1) is 19.8. The van der Waals surface area contributed by atoms with Crippen molar-refractivity contribution >= 4 is 5.91 Å². The molecule has 0 bridgehead atoms. The van der Waals surface area contributed by atoms with Crippen LogP contribution in [0.1, 0.15) is 18.5 Å². The molecule has 1 fully saturated rings. The van der Waals surface area contributed by atoms with Gasteiger partial charge in [0, 0.05) is 51.5 Å². The van der Waals surface area contributed by atoms with Crippen LogP contribution in [-0.2, 0) is 4.79 Å². The summed E-state index contributed by atoms with van der Waals surface area (Å²) >= 11 is 0. The maximum absolute atomic E-state index is 12.2. The highest BCUT2D eigenvalue weighted by molar-refractivity contribution is 5.97. The Bertz CT molecular complexity index is 645. The summed E-state index contributed by atoms with van der Waals surface area (Å²) in [5.74, 6) is 0.440. The zero-order chi connectivity index (χ0) is 18.8. The number of benzene rings is 1. The van der Waals surface area contributed by atoms with E-state index in [0.29, 0.717) is 6.54 Å². The molecule has 0 aliphatic carbocycles. The number of rotatable bonds is 8. The van der Waals surface area contributed by atoms with Gasteiger partial charge in [0.05, 0.1) is 7.11 Å². The SMILES string of the molecule is COc1ccc(C(C)N/C=C(/C#N)C(=O)NCCN2CCNCC2)cc1. The molecule has 26 heavy (non-hydrogen) atoms. The summed E-state index contributed by atoms with van der Waals surface area (Å²) in [6, 6.07) is 9.59. The second-order valence-corrected chi connectivity index (χ2v) is 6.18. The Kier molecular flexibility index (Phi) is 7.93. The van der Waals surface area contributed by atoms with Crippen LogP contribution < -0.4 is 20.7 Å². The van der Waals surface area contributed by atoms with E-state index < -0.39 is 0 Å². The van der Waals surface area contributed by atoms with E-state index in [1.165, 1.54) is 6.20 Å². The highest BCUT2D eigenvalue weighted by Gasteiger charge is 2.12. The molecule has 1 amide bonds. The summed E-state index contributed by atoms with van der Waals surface area (Å²) in [7, 11) is 1.62. The molecule has 1 aliphatic heterocycles. The van der Waals surface area contributed by atoms with Crippen molar-refractivity contribution in [3.63, 3.8) is 0 Å². The number of carbonyl (C=O) groups is 1. The molecule has 1 aliphatic rings. The van der Waals surface area contributed by atoms with E-state index in [2.05, 4.69) is 20.9 Å². The van der Waals surface area contributed by atoms with Gasteiger partial charge in [0.2, 0.25) is 0 Å². The standard InChI is InChI=1S/C19H27N5O2/c1-15(16-3-5-18(26-2)6-4-16)23-14-17(13-20)19(25)22-9-12-24-10-7-21-8-11-24/h3-6,14-15,21,23H,7-12H2,1-2H3,(H,22,25)/b17-14-. The van der Waals surface area contributed by atoms with Crippen LogP contribution >= 0.6 is 0 Å². The van der Waals surface area contributed by atoms with E-state index >= 15 is 0 Å². The van der Waals surface area contributed by atoms with Crippen molar-refractivity contribution in [2.45, 2.75) is 13.0 Å². The molecule has 1 aromatic rings. The van der Waals surface area contributed by atoms with E-state index in [1.54, 1.807) is 7.11 Å². The summed E-state index contributed by atoms with van der Waals surface area (Å²) in [5, 5.41) is 18.4. The van der Waals surface area contributed by atoms with Crippen molar-refractivity contribution in [1.29, 1.82) is 5.26 Å². The molecule has 0 radical (unpaired) electrons. The van der Waals surface area contributed by atoms with Crippen LogP contribution in [-0.4, -0.2) is 57.2 Å². The molecule has 2 rings (SSSR count). The topological polar surface area (TPSA) is 89.4 Å². The Labute approximate surface area is 155 Å². The zero-order valence-electron chi connectivity index (χ0n) is 15.4. The van der Waals surface area contributed by atoms with Crippen LogP contribution in [0, 0.1) is 11.3 Å². The van der Waals surface area contributed by atoms with Crippen molar-refractivity contribution in [3.05, 3.63) is 41.6 Å². The van der Waals surface area contributed by atoms with E-state index in [0.717, 1.165) is 44.0 Å². The maximum atomic E-state index is 12.2. The lowest BCUT2D eigenvalue weighted by molar-refractivity contribution is -0.117. The van der Waals surface area contributed by atoms with Gasteiger partial charge in [0.1, 0.15) is 17.4 Å². The van der Waals surface area contributed by atoms with Crippen molar-refractivity contribution in [3.8, 4) is 11.8 Å². The Morgan fingerprint density at radius 1 is 1.38 bits per heavy atom. The summed E-state index contributed by atoms with van der Waals surface area (Å²) in [5.41, 5.74) is 1.11. The number of carbonyl (C=O) groups excluding carboxylic acids is 1. The van der Waals surface area contributed by atoms with Gasteiger partial charge in [-0.15, -0.1) is 0 Å².